The van der Waals surface area contributed by atoms with Crippen molar-refractivity contribution >= 4 is 16.9 Å². The molecule has 0 atom stereocenters. The van der Waals surface area contributed by atoms with Crippen LogP contribution in [0.25, 0.3) is 22.3 Å². The van der Waals surface area contributed by atoms with Crippen LogP contribution in [-0.2, 0) is 11.3 Å². The SMILES string of the molecule is CCOC(=O)c1c(-c2ccccc2)oc2cc(CN3CCCCC3)cc(O)c12. The van der Waals surface area contributed by atoms with Crippen molar-refractivity contribution in [2.24, 2.45) is 0 Å². The van der Waals surface area contributed by atoms with Crippen molar-refractivity contribution < 1.29 is 19.1 Å². The molecular formula is C23H25NO4. The Labute approximate surface area is 164 Å². The number of carbonyl (C=O) groups excluding carboxylic acids is 1. The third-order valence-corrected chi connectivity index (χ3v) is 5.20. The Kier molecular flexibility index (Phi) is 5.35. The fourth-order valence-electron chi connectivity index (χ4n) is 3.92. The molecule has 0 bridgehead atoms. The van der Waals surface area contributed by atoms with Gasteiger partial charge in [-0.2, -0.15) is 0 Å². The zero-order chi connectivity index (χ0) is 19.5. The maximum absolute atomic E-state index is 12.7. The molecule has 1 aliphatic heterocycles. The second-order valence-corrected chi connectivity index (χ2v) is 7.22. The predicted octanol–water partition coefficient (Wildman–Crippen LogP) is 4.97. The third kappa shape index (κ3) is 3.62. The summed E-state index contributed by atoms with van der Waals surface area (Å²) in [6.45, 7) is 4.92. The Morgan fingerprint density at radius 2 is 1.89 bits per heavy atom. The number of piperidine rings is 1. The molecular weight excluding hydrogens is 354 g/mol. The Balaban J connectivity index is 1.80. The number of phenolic OH excluding ortho intramolecular Hbond substituents is 1. The first-order valence-corrected chi connectivity index (χ1v) is 9.90. The van der Waals surface area contributed by atoms with Crippen LogP contribution in [0.1, 0.15) is 42.1 Å². The number of rotatable bonds is 5. The maximum atomic E-state index is 12.7. The molecule has 5 heteroatoms. The normalized spacial score (nSPS) is 15.0. The van der Waals surface area contributed by atoms with Gasteiger partial charge in [-0.1, -0.05) is 36.8 Å². The summed E-state index contributed by atoms with van der Waals surface area (Å²) >= 11 is 0. The molecule has 2 aromatic carbocycles. The van der Waals surface area contributed by atoms with E-state index in [1.54, 1.807) is 13.0 Å². The average molecular weight is 379 g/mol. The summed E-state index contributed by atoms with van der Waals surface area (Å²) in [5.74, 6) is -0.00264. The van der Waals surface area contributed by atoms with Crippen molar-refractivity contribution in [2.45, 2.75) is 32.7 Å². The maximum Gasteiger partial charge on any atom is 0.342 e. The lowest BCUT2D eigenvalue weighted by atomic mass is 10.0. The highest BCUT2D eigenvalue weighted by Crippen LogP contribution is 2.39. The van der Waals surface area contributed by atoms with Gasteiger partial charge in [-0.05, 0) is 50.6 Å². The summed E-state index contributed by atoms with van der Waals surface area (Å²) in [5, 5.41) is 11.2. The minimum atomic E-state index is -0.487. The number of benzene rings is 2. The number of phenols is 1. The van der Waals surface area contributed by atoms with Crippen LogP contribution in [0, 0.1) is 0 Å². The van der Waals surface area contributed by atoms with E-state index in [0.717, 1.165) is 30.8 Å². The molecule has 0 saturated carbocycles. The van der Waals surface area contributed by atoms with E-state index in [0.29, 0.717) is 16.7 Å². The Bertz CT molecular complexity index is 971. The van der Waals surface area contributed by atoms with Crippen LogP contribution in [0.15, 0.2) is 46.9 Å². The molecule has 0 spiro atoms. The van der Waals surface area contributed by atoms with Crippen molar-refractivity contribution in [3.8, 4) is 17.1 Å². The monoisotopic (exact) mass is 379 g/mol. The molecule has 1 saturated heterocycles. The summed E-state index contributed by atoms with van der Waals surface area (Å²) < 4.78 is 11.3. The molecule has 1 fully saturated rings. The molecule has 2 heterocycles. The van der Waals surface area contributed by atoms with Gasteiger partial charge in [0, 0.05) is 12.1 Å². The number of hydrogen-bond donors (Lipinski definition) is 1. The summed E-state index contributed by atoms with van der Waals surface area (Å²) in [4.78, 5) is 15.1. The largest absolute Gasteiger partial charge is 0.507 e. The van der Waals surface area contributed by atoms with Crippen molar-refractivity contribution in [2.75, 3.05) is 19.7 Å². The van der Waals surface area contributed by atoms with Crippen LogP contribution in [0.3, 0.4) is 0 Å². The first kappa shape index (κ1) is 18.6. The highest BCUT2D eigenvalue weighted by Gasteiger charge is 2.26. The molecule has 1 N–H and O–H groups in total. The van der Waals surface area contributed by atoms with Crippen molar-refractivity contribution in [1.29, 1.82) is 0 Å². The number of esters is 1. The van der Waals surface area contributed by atoms with Crippen LogP contribution in [0.4, 0.5) is 0 Å². The topological polar surface area (TPSA) is 62.9 Å². The quantitative estimate of drug-likeness (QED) is 0.634. The molecule has 0 radical (unpaired) electrons. The van der Waals surface area contributed by atoms with Crippen LogP contribution in [0.5, 0.6) is 5.75 Å². The van der Waals surface area contributed by atoms with E-state index in [4.69, 9.17) is 9.15 Å². The zero-order valence-corrected chi connectivity index (χ0v) is 16.1. The van der Waals surface area contributed by atoms with Gasteiger partial charge in [-0.3, -0.25) is 4.90 Å². The van der Waals surface area contributed by atoms with E-state index in [9.17, 15) is 9.90 Å². The van der Waals surface area contributed by atoms with Gasteiger partial charge in [-0.25, -0.2) is 4.79 Å². The smallest absolute Gasteiger partial charge is 0.342 e. The standard InChI is InChI=1S/C23H25NO4/c1-2-27-23(26)21-20-18(25)13-16(15-24-11-7-4-8-12-24)14-19(20)28-22(21)17-9-5-3-6-10-17/h3,5-6,9-10,13-14,25H,2,4,7-8,11-12,15H2,1H3. The molecule has 5 nitrogen and oxygen atoms in total. The molecule has 0 unspecified atom stereocenters. The Morgan fingerprint density at radius 3 is 2.61 bits per heavy atom. The molecule has 0 aliphatic carbocycles. The van der Waals surface area contributed by atoms with Crippen LogP contribution >= 0.6 is 0 Å². The van der Waals surface area contributed by atoms with E-state index < -0.39 is 5.97 Å². The lowest BCUT2D eigenvalue weighted by Gasteiger charge is -2.26. The van der Waals surface area contributed by atoms with E-state index >= 15 is 0 Å². The summed E-state index contributed by atoms with van der Waals surface area (Å²) in [5.41, 5.74) is 2.55. The molecule has 146 valence electrons. The first-order chi connectivity index (χ1) is 13.7. The van der Waals surface area contributed by atoms with Crippen LogP contribution in [-0.4, -0.2) is 35.7 Å². The number of hydrogen-bond acceptors (Lipinski definition) is 5. The number of carbonyl (C=O) groups is 1. The van der Waals surface area contributed by atoms with E-state index in [2.05, 4.69) is 4.90 Å². The summed E-state index contributed by atoms with van der Waals surface area (Å²) in [7, 11) is 0. The van der Waals surface area contributed by atoms with Gasteiger partial charge in [0.1, 0.15) is 22.7 Å². The number of nitrogens with zero attached hydrogens (tertiary/aromatic N) is 1. The van der Waals surface area contributed by atoms with Gasteiger partial charge in [-0.15, -0.1) is 0 Å². The predicted molar refractivity (Wildman–Crippen MR) is 108 cm³/mol. The van der Waals surface area contributed by atoms with Gasteiger partial charge in [0.25, 0.3) is 0 Å². The van der Waals surface area contributed by atoms with Crippen LogP contribution < -0.4 is 0 Å². The molecule has 3 aromatic rings. The van der Waals surface area contributed by atoms with Gasteiger partial charge >= 0.3 is 5.97 Å². The lowest BCUT2D eigenvalue weighted by molar-refractivity contribution is 0.0528. The summed E-state index contributed by atoms with van der Waals surface area (Å²) in [6.07, 6.45) is 3.70. The van der Waals surface area contributed by atoms with Gasteiger partial charge < -0.3 is 14.3 Å². The van der Waals surface area contributed by atoms with Crippen LogP contribution in [0.2, 0.25) is 0 Å². The first-order valence-electron chi connectivity index (χ1n) is 9.90. The number of fused-ring (bicyclic) bond motifs is 1. The third-order valence-electron chi connectivity index (χ3n) is 5.20. The molecule has 0 amide bonds. The molecule has 4 rings (SSSR count). The minimum Gasteiger partial charge on any atom is -0.507 e. The van der Waals surface area contributed by atoms with E-state index in [1.165, 1.54) is 19.3 Å². The van der Waals surface area contributed by atoms with Gasteiger partial charge in [0.15, 0.2) is 0 Å². The van der Waals surface area contributed by atoms with Gasteiger partial charge in [0.05, 0.1) is 12.0 Å². The highest BCUT2D eigenvalue weighted by molar-refractivity contribution is 6.11. The second kappa shape index (κ2) is 8.07. The second-order valence-electron chi connectivity index (χ2n) is 7.22. The Morgan fingerprint density at radius 1 is 1.14 bits per heavy atom. The van der Waals surface area contributed by atoms with Crippen molar-refractivity contribution in [3.63, 3.8) is 0 Å². The number of furan rings is 1. The number of likely N-dealkylation sites (tertiary alicyclic amines) is 1. The number of ether oxygens (including phenoxy) is 1. The molecule has 28 heavy (non-hydrogen) atoms. The fourth-order valence-corrected chi connectivity index (χ4v) is 3.92. The van der Waals surface area contributed by atoms with Gasteiger partial charge in [0.2, 0.25) is 0 Å². The minimum absolute atomic E-state index is 0.0542. The zero-order valence-electron chi connectivity index (χ0n) is 16.1. The lowest BCUT2D eigenvalue weighted by Crippen LogP contribution is -2.29. The van der Waals surface area contributed by atoms with Crippen molar-refractivity contribution in [1.82, 2.24) is 4.90 Å². The molecule has 1 aliphatic rings. The van der Waals surface area contributed by atoms with E-state index in [-0.39, 0.29) is 17.9 Å². The summed E-state index contributed by atoms with van der Waals surface area (Å²) in [6, 6.07) is 13.1. The average Bonchev–Trinajstić information content (AvgIpc) is 3.10. The van der Waals surface area contributed by atoms with E-state index in [1.807, 2.05) is 36.4 Å². The highest BCUT2D eigenvalue weighted by atomic mass is 16.5. The van der Waals surface area contributed by atoms with Crippen molar-refractivity contribution in [3.05, 3.63) is 53.6 Å². The fraction of sp³-hybridized carbons (Fsp3) is 0.348. The Hall–Kier alpha value is -2.79. The number of aromatic hydroxyl groups is 1. The molecule has 1 aromatic heterocycles.